The molecule has 0 aliphatic rings. The highest BCUT2D eigenvalue weighted by molar-refractivity contribution is 7.89. The molecule has 2 rings (SSSR count). The molecule has 0 heterocycles. The molecule has 2 aromatic carbocycles. The highest BCUT2D eigenvalue weighted by Gasteiger charge is 2.28. The first-order valence-electron chi connectivity index (χ1n) is 14.2. The number of nitrogens with one attached hydrogen (secondary N) is 1. The molecule has 0 aliphatic heterocycles. The normalized spacial score (nSPS) is 10.7. The number of hydrogen-bond donors (Lipinski definition) is 3. The van der Waals surface area contributed by atoms with E-state index in [1.807, 2.05) is 0 Å². The van der Waals surface area contributed by atoms with E-state index in [2.05, 4.69) is 14.8 Å². The van der Waals surface area contributed by atoms with Crippen LogP contribution >= 0.6 is 12.4 Å². The Morgan fingerprint density at radius 1 is 0.700 bits per heavy atom. The van der Waals surface area contributed by atoms with Gasteiger partial charge in [-0.3, -0.25) is 19.2 Å². The second kappa shape index (κ2) is 21.9. The maximum atomic E-state index is 12.7. The van der Waals surface area contributed by atoms with Crippen LogP contribution in [-0.2, 0) is 48.7 Å². The van der Waals surface area contributed by atoms with Gasteiger partial charge in [-0.1, -0.05) is 0 Å². The Labute approximate surface area is 299 Å². The lowest BCUT2D eigenvalue weighted by molar-refractivity contribution is -0.141. The third-order valence-corrected chi connectivity index (χ3v) is 10.7. The molecule has 0 fully saturated rings. The van der Waals surface area contributed by atoms with E-state index in [1.54, 1.807) is 52.0 Å². The van der Waals surface area contributed by atoms with Crippen molar-refractivity contribution in [2.45, 2.75) is 37.5 Å². The summed E-state index contributed by atoms with van der Waals surface area (Å²) in [7, 11) is 0.352. The number of carbonyl (C=O) groups is 4. The number of sulfonamides is 2. The number of rotatable bonds is 13. The van der Waals surface area contributed by atoms with Gasteiger partial charge in [-0.25, -0.2) is 16.8 Å². The molecule has 17 nitrogen and oxygen atoms in total. The molecule has 1 amide bonds. The zero-order valence-corrected chi connectivity index (χ0v) is 32.1. The van der Waals surface area contributed by atoms with Crippen molar-refractivity contribution in [1.29, 1.82) is 0 Å². The molecular formula is C30H47ClN4O13S2. The summed E-state index contributed by atoms with van der Waals surface area (Å²) < 4.78 is 70.6. The van der Waals surface area contributed by atoms with Gasteiger partial charge in [-0.05, 0) is 74.2 Å². The number of halogens is 1. The first-order chi connectivity index (χ1) is 22.6. The van der Waals surface area contributed by atoms with Crippen molar-refractivity contribution in [1.82, 2.24) is 13.9 Å². The number of carboxylic acid groups (broad SMARTS) is 1. The van der Waals surface area contributed by atoms with Crippen LogP contribution in [0.25, 0.3) is 0 Å². The minimum atomic E-state index is -3.86. The molecule has 0 spiro atoms. The van der Waals surface area contributed by atoms with Crippen molar-refractivity contribution < 1.29 is 60.1 Å². The average molecular weight is 771 g/mol. The number of aryl methyl sites for hydroxylation is 4. The van der Waals surface area contributed by atoms with Crippen molar-refractivity contribution in [2.75, 3.05) is 68.7 Å². The standard InChI is InChI=1S/C15H22N2O6S.C12H17NO5S.C3H7NO2.ClH/c1-10-6-12(22-4)7-11(2)15(10)24(20,21)17(3)9-13(18)16-8-14(19)23-5;1-8-5-10(18-4)6-9(2)12(8)19(16,17)13(3)7-11(14)15;1-6-3(5)2-4;/h6-7H,8-9H2,1-5H3,(H,16,18);5-6H,7H2,1-4H3,(H,14,15);2,4H2,1H3;1H. The molecule has 0 atom stereocenters. The van der Waals surface area contributed by atoms with E-state index < -0.39 is 51.0 Å². The van der Waals surface area contributed by atoms with E-state index in [0.29, 0.717) is 33.8 Å². The number of nitrogens with zero attached hydrogens (tertiary/aromatic N) is 2. The molecule has 0 aromatic heterocycles. The molecule has 0 aliphatic carbocycles. The Morgan fingerprint density at radius 3 is 1.30 bits per heavy atom. The van der Waals surface area contributed by atoms with Crippen LogP contribution < -0.4 is 20.5 Å². The van der Waals surface area contributed by atoms with E-state index >= 15 is 0 Å². The van der Waals surface area contributed by atoms with E-state index in [4.69, 9.17) is 20.3 Å². The predicted molar refractivity (Wildman–Crippen MR) is 186 cm³/mol. The number of amides is 1. The summed E-state index contributed by atoms with van der Waals surface area (Å²) in [5, 5.41) is 11.0. The van der Waals surface area contributed by atoms with Gasteiger partial charge in [0.25, 0.3) is 0 Å². The second-order valence-corrected chi connectivity index (χ2v) is 14.2. The Hall–Kier alpha value is -4.01. The molecule has 284 valence electrons. The van der Waals surface area contributed by atoms with Crippen molar-refractivity contribution in [3.63, 3.8) is 0 Å². The zero-order chi connectivity index (χ0) is 38.3. The number of hydrogen-bond acceptors (Lipinski definition) is 13. The molecular weight excluding hydrogens is 724 g/mol. The number of likely N-dealkylation sites (N-methyl/N-ethyl adjacent to an activating group) is 2. The lowest BCUT2D eigenvalue weighted by Gasteiger charge is -2.20. The van der Waals surface area contributed by atoms with E-state index in [9.17, 15) is 36.0 Å². The van der Waals surface area contributed by atoms with E-state index in [0.717, 1.165) is 8.61 Å². The molecule has 4 N–H and O–H groups in total. The number of esters is 2. The number of aliphatic carboxylic acids is 1. The SMILES string of the molecule is COC(=O)CN.COC(=O)CNC(=O)CN(C)S(=O)(=O)c1c(C)cc(OC)cc1C.COc1cc(C)c(S(=O)(=O)N(C)CC(=O)O)c(C)c1.Cl. The highest BCUT2D eigenvalue weighted by Crippen LogP contribution is 2.28. The van der Waals surface area contributed by atoms with E-state index in [1.165, 1.54) is 42.5 Å². The number of methoxy groups -OCH3 is 4. The van der Waals surface area contributed by atoms with Gasteiger partial charge in [0.15, 0.2) is 0 Å². The number of carbonyl (C=O) groups excluding carboxylic acids is 3. The fourth-order valence-electron chi connectivity index (χ4n) is 4.13. The average Bonchev–Trinajstić information content (AvgIpc) is 3.02. The lowest BCUT2D eigenvalue weighted by Crippen LogP contribution is -2.40. The van der Waals surface area contributed by atoms with Crippen LogP contribution in [0.15, 0.2) is 34.1 Å². The van der Waals surface area contributed by atoms with Gasteiger partial charge >= 0.3 is 17.9 Å². The van der Waals surface area contributed by atoms with Gasteiger partial charge in [0.1, 0.15) is 24.6 Å². The summed E-state index contributed by atoms with van der Waals surface area (Å²) in [5.41, 5.74) is 6.90. The minimum Gasteiger partial charge on any atom is -0.497 e. The van der Waals surface area contributed by atoms with Crippen LogP contribution in [0.3, 0.4) is 0 Å². The largest absolute Gasteiger partial charge is 0.497 e. The van der Waals surface area contributed by atoms with Gasteiger partial charge in [0, 0.05) is 14.1 Å². The van der Waals surface area contributed by atoms with Gasteiger partial charge < -0.3 is 35.1 Å². The van der Waals surface area contributed by atoms with Gasteiger partial charge in [-0.15, -0.1) is 12.4 Å². The Morgan fingerprint density at radius 2 is 1.04 bits per heavy atom. The molecule has 50 heavy (non-hydrogen) atoms. The fourth-order valence-corrected chi connectivity index (χ4v) is 7.18. The summed E-state index contributed by atoms with van der Waals surface area (Å²) in [5.74, 6) is -1.67. The van der Waals surface area contributed by atoms with Gasteiger partial charge in [-0.2, -0.15) is 8.61 Å². The number of ether oxygens (including phenoxy) is 4. The summed E-state index contributed by atoms with van der Waals surface area (Å²) in [6.45, 7) is 5.28. The molecule has 20 heteroatoms. The molecule has 0 unspecified atom stereocenters. The number of nitrogens with two attached hydrogens (primary N) is 1. The summed E-state index contributed by atoms with van der Waals surface area (Å²) in [4.78, 5) is 43.5. The molecule has 0 radical (unpaired) electrons. The third-order valence-electron chi connectivity index (χ3n) is 6.45. The molecule has 0 saturated heterocycles. The molecule has 0 bridgehead atoms. The van der Waals surface area contributed by atoms with E-state index in [-0.39, 0.29) is 41.3 Å². The van der Waals surface area contributed by atoms with Crippen LogP contribution in [0, 0.1) is 27.7 Å². The van der Waals surface area contributed by atoms with Crippen LogP contribution in [0.5, 0.6) is 11.5 Å². The number of benzene rings is 2. The van der Waals surface area contributed by atoms with Crippen molar-refractivity contribution in [3.8, 4) is 11.5 Å². The van der Waals surface area contributed by atoms with Crippen LogP contribution in [0.4, 0.5) is 0 Å². The highest BCUT2D eigenvalue weighted by atomic mass is 35.5. The first kappa shape index (κ1) is 48.1. The first-order valence-corrected chi connectivity index (χ1v) is 17.1. The maximum absolute atomic E-state index is 12.7. The zero-order valence-electron chi connectivity index (χ0n) is 29.7. The fraction of sp³-hybridized carbons (Fsp3) is 0.467. The smallest absolute Gasteiger partial charge is 0.325 e. The number of carboxylic acids is 1. The molecule has 0 saturated carbocycles. The topological polar surface area (TPSA) is 238 Å². The Bertz CT molecular complexity index is 1650. The van der Waals surface area contributed by atoms with Crippen LogP contribution in [0.1, 0.15) is 22.3 Å². The molecule has 2 aromatic rings. The van der Waals surface area contributed by atoms with Crippen molar-refractivity contribution >= 4 is 56.3 Å². The lowest BCUT2D eigenvalue weighted by atomic mass is 10.1. The Balaban J connectivity index is 0. The second-order valence-electron chi connectivity index (χ2n) is 10.2. The maximum Gasteiger partial charge on any atom is 0.325 e. The van der Waals surface area contributed by atoms with Crippen molar-refractivity contribution in [2.24, 2.45) is 5.73 Å². The monoisotopic (exact) mass is 770 g/mol. The summed E-state index contributed by atoms with van der Waals surface area (Å²) in [6.07, 6.45) is 0. The van der Waals surface area contributed by atoms with Crippen LogP contribution in [-0.4, -0.2) is 123 Å². The third kappa shape index (κ3) is 14.5. The quantitative estimate of drug-likeness (QED) is 0.239. The van der Waals surface area contributed by atoms with Gasteiger partial charge in [0.05, 0.1) is 51.3 Å². The minimum absolute atomic E-state index is 0. The summed E-state index contributed by atoms with van der Waals surface area (Å²) >= 11 is 0. The summed E-state index contributed by atoms with van der Waals surface area (Å²) in [6, 6.07) is 6.44. The van der Waals surface area contributed by atoms with Gasteiger partial charge in [0.2, 0.25) is 26.0 Å². The van der Waals surface area contributed by atoms with Crippen molar-refractivity contribution in [3.05, 3.63) is 46.5 Å². The predicted octanol–water partition coefficient (Wildman–Crippen LogP) is 0.779. The Kier molecular flexibility index (Phi) is 21.1. The van der Waals surface area contributed by atoms with Crippen LogP contribution in [0.2, 0.25) is 0 Å².